The molecule has 2 aliphatic rings. The summed E-state index contributed by atoms with van der Waals surface area (Å²) in [6.45, 7) is 3.38. The Balaban J connectivity index is 1.61. The van der Waals surface area contributed by atoms with Gasteiger partial charge in [-0.3, -0.25) is 14.5 Å². The van der Waals surface area contributed by atoms with Crippen LogP contribution < -0.4 is 9.47 Å². The zero-order chi connectivity index (χ0) is 25.7. The summed E-state index contributed by atoms with van der Waals surface area (Å²) >= 11 is 0. The van der Waals surface area contributed by atoms with Crippen molar-refractivity contribution < 1.29 is 28.2 Å². The van der Waals surface area contributed by atoms with Crippen molar-refractivity contribution in [3.63, 3.8) is 0 Å². The van der Waals surface area contributed by atoms with E-state index in [2.05, 4.69) is 5.10 Å². The quantitative estimate of drug-likeness (QED) is 0.516. The average Bonchev–Trinajstić information content (AvgIpc) is 3.34. The van der Waals surface area contributed by atoms with Gasteiger partial charge in [-0.1, -0.05) is 18.2 Å². The molecule has 0 saturated carbocycles. The summed E-state index contributed by atoms with van der Waals surface area (Å²) in [5.41, 5.74) is 1.61. The highest BCUT2D eigenvalue weighted by Crippen LogP contribution is 2.39. The van der Waals surface area contributed by atoms with Crippen molar-refractivity contribution >= 4 is 17.6 Å². The summed E-state index contributed by atoms with van der Waals surface area (Å²) < 4.78 is 30.7. The van der Waals surface area contributed by atoms with Gasteiger partial charge in [-0.05, 0) is 44.5 Å². The molecule has 0 aliphatic carbocycles. The molecule has 36 heavy (non-hydrogen) atoms. The van der Waals surface area contributed by atoms with Crippen LogP contribution in [-0.2, 0) is 14.3 Å². The summed E-state index contributed by atoms with van der Waals surface area (Å²) in [6, 6.07) is 11.4. The van der Waals surface area contributed by atoms with Crippen LogP contribution in [0.3, 0.4) is 0 Å². The van der Waals surface area contributed by atoms with Crippen molar-refractivity contribution in [3.8, 4) is 11.5 Å². The van der Waals surface area contributed by atoms with Gasteiger partial charge in [-0.2, -0.15) is 5.10 Å². The minimum atomic E-state index is -0.474. The van der Waals surface area contributed by atoms with E-state index in [0.29, 0.717) is 48.9 Å². The standard InChI is InChI=1S/C27H32FN3O5/c1-4-36-27(33)18-8-7-13-30(16-18)17-26(32)31-24(21-12-11-19(34-2)14-25(21)35-3)15-23(29-31)20-9-5-6-10-22(20)28/h5-6,9-12,14,18,24H,4,7-8,13,15-17H2,1-3H3/t18-,24+/m0/s1. The fraction of sp³-hybridized carbons (Fsp3) is 0.444. The van der Waals surface area contributed by atoms with Crippen molar-refractivity contribution in [2.75, 3.05) is 40.5 Å². The molecule has 0 unspecified atom stereocenters. The maximum Gasteiger partial charge on any atom is 0.310 e. The second-order valence-corrected chi connectivity index (χ2v) is 8.92. The van der Waals surface area contributed by atoms with Crippen LogP contribution in [-0.4, -0.2) is 68.0 Å². The highest BCUT2D eigenvalue weighted by molar-refractivity contribution is 6.03. The SMILES string of the molecule is CCOC(=O)[C@H]1CCCN(CC(=O)N2N=C(c3ccccc3F)C[C@@H]2c2ccc(OC)cc2OC)C1. The van der Waals surface area contributed by atoms with Crippen LogP contribution in [0.1, 0.15) is 43.4 Å². The van der Waals surface area contributed by atoms with Crippen LogP contribution in [0.15, 0.2) is 47.6 Å². The van der Waals surface area contributed by atoms with E-state index < -0.39 is 6.04 Å². The van der Waals surface area contributed by atoms with E-state index in [1.807, 2.05) is 11.0 Å². The normalized spacial score (nSPS) is 20.1. The Morgan fingerprint density at radius 1 is 1.14 bits per heavy atom. The van der Waals surface area contributed by atoms with Gasteiger partial charge in [0, 0.05) is 30.2 Å². The summed E-state index contributed by atoms with van der Waals surface area (Å²) in [6.07, 6.45) is 1.88. The molecular weight excluding hydrogens is 465 g/mol. The van der Waals surface area contributed by atoms with Crippen molar-refractivity contribution in [2.24, 2.45) is 11.0 Å². The third-order valence-corrected chi connectivity index (χ3v) is 6.63. The Labute approximate surface area is 210 Å². The highest BCUT2D eigenvalue weighted by Gasteiger charge is 2.37. The Hall–Kier alpha value is -3.46. The molecule has 2 heterocycles. The zero-order valence-corrected chi connectivity index (χ0v) is 20.9. The maximum atomic E-state index is 14.6. The number of benzene rings is 2. The number of esters is 1. The molecule has 0 bridgehead atoms. The van der Waals surface area contributed by atoms with Crippen molar-refractivity contribution in [2.45, 2.75) is 32.2 Å². The van der Waals surface area contributed by atoms with Gasteiger partial charge in [-0.25, -0.2) is 9.40 Å². The average molecular weight is 498 g/mol. The number of carbonyl (C=O) groups excluding carboxylic acids is 2. The number of halogens is 1. The Bertz CT molecular complexity index is 1140. The molecule has 2 aromatic carbocycles. The molecule has 0 N–H and O–H groups in total. The van der Waals surface area contributed by atoms with E-state index in [9.17, 15) is 14.0 Å². The number of carbonyl (C=O) groups is 2. The first-order chi connectivity index (χ1) is 17.4. The molecule has 1 amide bonds. The Morgan fingerprint density at radius 3 is 2.67 bits per heavy atom. The molecule has 9 heteroatoms. The van der Waals surface area contributed by atoms with Gasteiger partial charge in [0.25, 0.3) is 5.91 Å². The van der Waals surface area contributed by atoms with E-state index >= 15 is 0 Å². The first-order valence-corrected chi connectivity index (χ1v) is 12.2. The lowest BCUT2D eigenvalue weighted by molar-refractivity contribution is -0.150. The minimum Gasteiger partial charge on any atom is -0.497 e. The van der Waals surface area contributed by atoms with Gasteiger partial charge < -0.3 is 14.2 Å². The number of hydrazone groups is 1. The van der Waals surface area contributed by atoms with Crippen LogP contribution in [0.25, 0.3) is 0 Å². The van der Waals surface area contributed by atoms with E-state index in [-0.39, 0.29) is 30.2 Å². The third-order valence-electron chi connectivity index (χ3n) is 6.63. The van der Waals surface area contributed by atoms with Gasteiger partial charge in [0.2, 0.25) is 0 Å². The number of likely N-dealkylation sites (tertiary alicyclic amines) is 1. The molecule has 0 radical (unpaired) electrons. The predicted molar refractivity (Wildman–Crippen MR) is 132 cm³/mol. The van der Waals surface area contributed by atoms with E-state index in [4.69, 9.17) is 14.2 Å². The van der Waals surface area contributed by atoms with Crippen LogP contribution in [0, 0.1) is 11.7 Å². The van der Waals surface area contributed by atoms with Gasteiger partial charge in [-0.15, -0.1) is 0 Å². The first kappa shape index (κ1) is 25.6. The maximum absolute atomic E-state index is 14.6. The number of piperidine rings is 1. The molecule has 192 valence electrons. The highest BCUT2D eigenvalue weighted by atomic mass is 19.1. The van der Waals surface area contributed by atoms with Crippen LogP contribution >= 0.6 is 0 Å². The smallest absolute Gasteiger partial charge is 0.310 e. The molecular formula is C27H32FN3O5. The second kappa shape index (κ2) is 11.5. The molecule has 1 fully saturated rings. The van der Waals surface area contributed by atoms with Crippen molar-refractivity contribution in [3.05, 3.63) is 59.4 Å². The molecule has 4 rings (SSSR count). The first-order valence-electron chi connectivity index (χ1n) is 12.2. The Kier molecular flexibility index (Phi) is 8.20. The monoisotopic (exact) mass is 497 g/mol. The predicted octanol–water partition coefficient (Wildman–Crippen LogP) is 3.80. The van der Waals surface area contributed by atoms with Crippen molar-refractivity contribution in [1.82, 2.24) is 9.91 Å². The van der Waals surface area contributed by atoms with E-state index in [1.54, 1.807) is 51.5 Å². The second-order valence-electron chi connectivity index (χ2n) is 8.92. The third kappa shape index (κ3) is 5.51. The topological polar surface area (TPSA) is 80.7 Å². The largest absolute Gasteiger partial charge is 0.497 e. The van der Waals surface area contributed by atoms with Crippen LogP contribution in [0.5, 0.6) is 11.5 Å². The molecule has 0 spiro atoms. The van der Waals surface area contributed by atoms with Gasteiger partial charge in [0.15, 0.2) is 0 Å². The number of methoxy groups -OCH3 is 2. The lowest BCUT2D eigenvalue weighted by Crippen LogP contribution is -2.44. The fourth-order valence-electron chi connectivity index (χ4n) is 4.85. The van der Waals surface area contributed by atoms with Gasteiger partial charge >= 0.3 is 5.97 Å². The summed E-state index contributed by atoms with van der Waals surface area (Å²) in [4.78, 5) is 27.8. The van der Waals surface area contributed by atoms with Gasteiger partial charge in [0.05, 0.1) is 45.0 Å². The van der Waals surface area contributed by atoms with E-state index in [0.717, 1.165) is 18.4 Å². The summed E-state index contributed by atoms with van der Waals surface area (Å²) in [5.74, 6) is 0.0899. The molecule has 2 aromatic rings. The minimum absolute atomic E-state index is 0.0962. The molecule has 1 saturated heterocycles. The number of ether oxygens (including phenoxy) is 3. The molecule has 2 aliphatic heterocycles. The summed E-state index contributed by atoms with van der Waals surface area (Å²) in [5, 5.41) is 6.03. The lowest BCUT2D eigenvalue weighted by atomic mass is 9.97. The number of hydrogen-bond donors (Lipinski definition) is 0. The number of nitrogens with zero attached hydrogens (tertiary/aromatic N) is 3. The Morgan fingerprint density at radius 2 is 1.94 bits per heavy atom. The molecule has 2 atom stereocenters. The van der Waals surface area contributed by atoms with Crippen LogP contribution in [0.4, 0.5) is 4.39 Å². The van der Waals surface area contributed by atoms with E-state index in [1.165, 1.54) is 11.1 Å². The fourth-order valence-corrected chi connectivity index (χ4v) is 4.85. The number of hydrogen-bond acceptors (Lipinski definition) is 7. The van der Waals surface area contributed by atoms with Crippen molar-refractivity contribution in [1.29, 1.82) is 0 Å². The number of rotatable bonds is 8. The molecule has 8 nitrogen and oxygen atoms in total. The zero-order valence-electron chi connectivity index (χ0n) is 20.9. The molecule has 0 aromatic heterocycles. The van der Waals surface area contributed by atoms with Gasteiger partial charge in [0.1, 0.15) is 17.3 Å². The lowest BCUT2D eigenvalue weighted by Gasteiger charge is -2.32. The van der Waals surface area contributed by atoms with Crippen LogP contribution in [0.2, 0.25) is 0 Å². The number of amides is 1. The summed E-state index contributed by atoms with van der Waals surface area (Å²) in [7, 11) is 3.13.